The first kappa shape index (κ1) is 14.0. The van der Waals surface area contributed by atoms with Crippen LogP contribution >= 0.6 is 22.9 Å². The van der Waals surface area contributed by atoms with E-state index in [0.717, 1.165) is 9.21 Å². The molecule has 0 atom stereocenters. The number of nitrogens with zero attached hydrogens (tertiary/aromatic N) is 2. The number of nitrogens with one attached hydrogen (secondary N) is 1. The summed E-state index contributed by atoms with van der Waals surface area (Å²) in [6, 6.07) is 5.49. The molecule has 2 heterocycles. The van der Waals surface area contributed by atoms with E-state index in [0.29, 0.717) is 18.1 Å². The molecule has 102 valence electrons. The van der Waals surface area contributed by atoms with Crippen molar-refractivity contribution in [1.29, 1.82) is 0 Å². The lowest BCUT2D eigenvalue weighted by Crippen LogP contribution is -2.29. The Balaban J connectivity index is 1.81. The lowest BCUT2D eigenvalue weighted by molar-refractivity contribution is -0.117. The third kappa shape index (κ3) is 4.34. The monoisotopic (exact) mass is 299 g/mol. The summed E-state index contributed by atoms with van der Waals surface area (Å²) in [5.41, 5.74) is 0. The van der Waals surface area contributed by atoms with Crippen molar-refractivity contribution in [3.05, 3.63) is 33.2 Å². The minimum absolute atomic E-state index is 0.126. The number of rotatable bonds is 5. The van der Waals surface area contributed by atoms with Crippen LogP contribution in [0.5, 0.6) is 0 Å². The normalized spacial score (nSPS) is 10.9. The average molecular weight is 300 g/mol. The minimum atomic E-state index is -0.126. The molecule has 2 aromatic rings. The molecule has 7 heteroatoms. The van der Waals surface area contributed by atoms with Crippen molar-refractivity contribution in [3.63, 3.8) is 0 Å². The van der Waals surface area contributed by atoms with Gasteiger partial charge in [0, 0.05) is 17.5 Å². The fourth-order valence-corrected chi connectivity index (χ4v) is 2.78. The van der Waals surface area contributed by atoms with E-state index in [4.69, 9.17) is 16.1 Å². The number of halogens is 1. The number of likely N-dealkylation sites (N-methyl/N-ethyl adjacent to an activating group) is 1. The largest absolute Gasteiger partial charge is 0.360 e. The van der Waals surface area contributed by atoms with Gasteiger partial charge in [0.1, 0.15) is 5.76 Å². The maximum Gasteiger partial charge on any atom is 0.239 e. The number of aryl methyl sites for hydroxylation is 1. The van der Waals surface area contributed by atoms with E-state index >= 15 is 0 Å². The van der Waals surface area contributed by atoms with Crippen molar-refractivity contribution in [3.8, 4) is 0 Å². The van der Waals surface area contributed by atoms with Crippen molar-refractivity contribution in [2.45, 2.75) is 13.5 Å². The van der Waals surface area contributed by atoms with Crippen LogP contribution in [-0.4, -0.2) is 29.6 Å². The first-order chi connectivity index (χ1) is 9.02. The van der Waals surface area contributed by atoms with E-state index in [1.165, 1.54) is 11.3 Å². The van der Waals surface area contributed by atoms with Gasteiger partial charge in [-0.3, -0.25) is 9.69 Å². The van der Waals surface area contributed by atoms with Crippen molar-refractivity contribution >= 4 is 34.7 Å². The molecule has 5 nitrogen and oxygen atoms in total. The average Bonchev–Trinajstić information content (AvgIpc) is 2.87. The molecule has 1 amide bonds. The molecule has 2 aromatic heterocycles. The number of hydrogen-bond acceptors (Lipinski definition) is 5. The van der Waals surface area contributed by atoms with Gasteiger partial charge in [-0.25, -0.2) is 0 Å². The zero-order chi connectivity index (χ0) is 13.8. The zero-order valence-corrected chi connectivity index (χ0v) is 12.2. The molecule has 0 aliphatic carbocycles. The van der Waals surface area contributed by atoms with Crippen LogP contribution in [0.4, 0.5) is 5.82 Å². The zero-order valence-electron chi connectivity index (χ0n) is 10.6. The molecule has 0 radical (unpaired) electrons. The van der Waals surface area contributed by atoms with Crippen LogP contribution in [0.25, 0.3) is 0 Å². The van der Waals surface area contributed by atoms with Crippen LogP contribution in [0, 0.1) is 6.92 Å². The number of thiophene rings is 1. The Hall–Kier alpha value is -1.37. The Labute approximate surface area is 120 Å². The predicted octanol–water partition coefficient (Wildman–Crippen LogP) is 2.77. The van der Waals surface area contributed by atoms with Crippen LogP contribution in [0.15, 0.2) is 22.7 Å². The minimum Gasteiger partial charge on any atom is -0.360 e. The Morgan fingerprint density at radius 2 is 2.37 bits per heavy atom. The van der Waals surface area contributed by atoms with Gasteiger partial charge in [-0.05, 0) is 26.1 Å². The molecule has 0 aliphatic heterocycles. The number of aromatic nitrogens is 1. The Morgan fingerprint density at radius 1 is 1.58 bits per heavy atom. The summed E-state index contributed by atoms with van der Waals surface area (Å²) in [6.07, 6.45) is 0. The molecule has 2 rings (SSSR count). The van der Waals surface area contributed by atoms with Gasteiger partial charge in [0.2, 0.25) is 5.91 Å². The predicted molar refractivity (Wildman–Crippen MR) is 75.5 cm³/mol. The summed E-state index contributed by atoms with van der Waals surface area (Å²) in [7, 11) is 1.88. The smallest absolute Gasteiger partial charge is 0.239 e. The second-order valence-corrected chi connectivity index (χ2v) is 6.05. The summed E-state index contributed by atoms with van der Waals surface area (Å²) in [6.45, 7) is 2.74. The molecule has 0 saturated carbocycles. The van der Waals surface area contributed by atoms with Gasteiger partial charge in [-0.2, -0.15) is 0 Å². The molecule has 0 saturated heterocycles. The lowest BCUT2D eigenvalue weighted by Gasteiger charge is -2.14. The molecule has 0 unspecified atom stereocenters. The van der Waals surface area contributed by atoms with Crippen molar-refractivity contribution in [2.75, 3.05) is 18.9 Å². The van der Waals surface area contributed by atoms with Crippen LogP contribution in [0.3, 0.4) is 0 Å². The highest BCUT2D eigenvalue weighted by molar-refractivity contribution is 7.16. The van der Waals surface area contributed by atoms with Crippen molar-refractivity contribution in [2.24, 2.45) is 0 Å². The Morgan fingerprint density at radius 3 is 2.95 bits per heavy atom. The van der Waals surface area contributed by atoms with Gasteiger partial charge in [-0.15, -0.1) is 11.3 Å². The SMILES string of the molecule is Cc1cc(NC(=O)CN(C)Cc2ccc(Cl)s2)no1. The van der Waals surface area contributed by atoms with Crippen LogP contribution in [-0.2, 0) is 11.3 Å². The topological polar surface area (TPSA) is 58.4 Å². The van der Waals surface area contributed by atoms with Gasteiger partial charge in [0.05, 0.1) is 10.9 Å². The number of carbonyl (C=O) groups is 1. The highest BCUT2D eigenvalue weighted by atomic mass is 35.5. The molecule has 0 aliphatic rings. The van der Waals surface area contributed by atoms with Crippen molar-refractivity contribution in [1.82, 2.24) is 10.1 Å². The molecule has 1 N–H and O–H groups in total. The third-order valence-electron chi connectivity index (χ3n) is 2.36. The van der Waals surface area contributed by atoms with Gasteiger partial charge in [0.25, 0.3) is 0 Å². The Bertz CT molecular complexity index is 567. The summed E-state index contributed by atoms with van der Waals surface area (Å²) in [4.78, 5) is 14.8. The molecular formula is C12H14ClN3O2S. The van der Waals surface area contributed by atoms with E-state index in [-0.39, 0.29) is 12.5 Å². The summed E-state index contributed by atoms with van der Waals surface area (Å²) in [5, 5.41) is 6.39. The van der Waals surface area contributed by atoms with Gasteiger partial charge in [0.15, 0.2) is 5.82 Å². The fourth-order valence-electron chi connectivity index (χ4n) is 1.61. The molecule has 0 bridgehead atoms. The van der Waals surface area contributed by atoms with E-state index in [9.17, 15) is 4.79 Å². The maximum atomic E-state index is 11.8. The standard InChI is InChI=1S/C12H14ClN3O2S/c1-8-5-11(15-18-8)14-12(17)7-16(2)6-9-3-4-10(13)19-9/h3-5H,6-7H2,1-2H3,(H,14,15,17). The molecule has 0 aromatic carbocycles. The second kappa shape index (κ2) is 6.18. The highest BCUT2D eigenvalue weighted by Gasteiger charge is 2.10. The lowest BCUT2D eigenvalue weighted by atomic mass is 10.4. The quantitative estimate of drug-likeness (QED) is 0.922. The first-order valence-corrected chi connectivity index (χ1v) is 6.88. The molecule has 0 spiro atoms. The van der Waals surface area contributed by atoms with Crippen molar-refractivity contribution < 1.29 is 9.32 Å². The van der Waals surface area contributed by atoms with Gasteiger partial charge in [-0.1, -0.05) is 16.8 Å². The number of amides is 1. The first-order valence-electron chi connectivity index (χ1n) is 5.69. The van der Waals surface area contributed by atoms with Crippen LogP contribution in [0.1, 0.15) is 10.6 Å². The Kier molecular flexibility index (Phi) is 4.57. The van der Waals surface area contributed by atoms with E-state index in [2.05, 4.69) is 10.5 Å². The highest BCUT2D eigenvalue weighted by Crippen LogP contribution is 2.22. The van der Waals surface area contributed by atoms with Crippen LogP contribution in [0.2, 0.25) is 4.34 Å². The maximum absolute atomic E-state index is 11.8. The van der Waals surface area contributed by atoms with Gasteiger partial charge >= 0.3 is 0 Å². The number of hydrogen-bond donors (Lipinski definition) is 1. The molecular weight excluding hydrogens is 286 g/mol. The summed E-state index contributed by atoms with van der Waals surface area (Å²) < 4.78 is 5.63. The summed E-state index contributed by atoms with van der Waals surface area (Å²) >= 11 is 7.38. The number of anilines is 1. The van der Waals surface area contributed by atoms with E-state index < -0.39 is 0 Å². The summed E-state index contributed by atoms with van der Waals surface area (Å²) in [5.74, 6) is 0.977. The van der Waals surface area contributed by atoms with E-state index in [1.807, 2.05) is 24.1 Å². The number of carbonyl (C=O) groups excluding carboxylic acids is 1. The molecule has 0 fully saturated rings. The second-order valence-electron chi connectivity index (χ2n) is 4.25. The van der Waals surface area contributed by atoms with Gasteiger partial charge < -0.3 is 9.84 Å². The molecule has 19 heavy (non-hydrogen) atoms. The van der Waals surface area contributed by atoms with Crippen LogP contribution < -0.4 is 5.32 Å². The fraction of sp³-hybridized carbons (Fsp3) is 0.333. The third-order valence-corrected chi connectivity index (χ3v) is 3.58. The van der Waals surface area contributed by atoms with E-state index in [1.54, 1.807) is 13.0 Å².